The predicted octanol–water partition coefficient (Wildman–Crippen LogP) is 4.78. The Labute approximate surface area is 222 Å². The minimum absolute atomic E-state index is 0.0251. The number of H-pyrrole nitrogens is 1. The van der Waals surface area contributed by atoms with Crippen LogP contribution in [-0.4, -0.2) is 39.4 Å². The van der Waals surface area contributed by atoms with Gasteiger partial charge >= 0.3 is 0 Å². The average molecular weight is 530 g/mol. The van der Waals surface area contributed by atoms with Crippen LogP contribution in [-0.2, 0) is 13.1 Å². The van der Waals surface area contributed by atoms with Crippen LogP contribution >= 0.6 is 0 Å². The number of rotatable bonds is 8. The second kappa shape index (κ2) is 10.9. The molecule has 1 amide bonds. The Morgan fingerprint density at radius 1 is 1.03 bits per heavy atom. The Bertz CT molecular complexity index is 1710. The molecule has 8 nitrogen and oxygen atoms in total. The Morgan fingerprint density at radius 3 is 2.56 bits per heavy atom. The molecule has 3 aromatic heterocycles. The first-order valence-corrected chi connectivity index (χ1v) is 12.1. The molecule has 2 aromatic carbocycles. The smallest absolute Gasteiger partial charge is 0.255 e. The number of fused-ring (bicyclic) bond motifs is 1. The van der Waals surface area contributed by atoms with E-state index in [-0.39, 0.29) is 29.4 Å². The van der Waals surface area contributed by atoms with Crippen molar-refractivity contribution in [2.45, 2.75) is 13.1 Å². The summed E-state index contributed by atoms with van der Waals surface area (Å²) in [6, 6.07) is 16.1. The molecular weight excluding hydrogens is 504 g/mol. The monoisotopic (exact) mass is 529 g/mol. The Hall–Kier alpha value is -4.83. The van der Waals surface area contributed by atoms with Crippen LogP contribution in [0.5, 0.6) is 11.5 Å². The van der Waals surface area contributed by atoms with Gasteiger partial charge in [-0.25, -0.2) is 13.8 Å². The number of nitrogens with zero attached hydrogens (tertiary/aromatic N) is 3. The normalized spacial score (nSPS) is 11.2. The van der Waals surface area contributed by atoms with E-state index in [1.54, 1.807) is 24.4 Å². The van der Waals surface area contributed by atoms with Crippen molar-refractivity contribution in [3.05, 3.63) is 118 Å². The number of hydrogen-bond acceptors (Lipinski definition) is 5. The molecule has 2 N–H and O–H groups in total. The molecule has 0 spiro atoms. The minimum atomic E-state index is -0.681. The first-order valence-electron chi connectivity index (χ1n) is 12.1. The summed E-state index contributed by atoms with van der Waals surface area (Å²) < 4.78 is 35.3. The standard InChI is InChI=1S/C29H25F2N5O3/c1-35(2)17-21-13-23-25(11-12-32-28(23)34-21)39-26-9-8-22(14-24(26)31)36-16-19(5-10-27(36)37)29(38)33-15-18-3-6-20(30)7-4-18/h3-14,16H,15,17H2,1-2H3,(H,32,34)(H,33,38). The number of hydrogen-bond donors (Lipinski definition) is 2. The number of pyridine rings is 2. The van der Waals surface area contributed by atoms with Crippen LogP contribution in [0.4, 0.5) is 8.78 Å². The first-order chi connectivity index (χ1) is 18.8. The number of nitrogens with one attached hydrogen (secondary N) is 2. The van der Waals surface area contributed by atoms with E-state index in [1.807, 2.05) is 25.1 Å². The van der Waals surface area contributed by atoms with Crippen molar-refractivity contribution in [1.29, 1.82) is 0 Å². The van der Waals surface area contributed by atoms with Gasteiger partial charge in [0.25, 0.3) is 11.5 Å². The van der Waals surface area contributed by atoms with Crippen LogP contribution in [0.15, 0.2) is 83.9 Å². The van der Waals surface area contributed by atoms with Gasteiger partial charge in [0, 0.05) is 43.3 Å². The van der Waals surface area contributed by atoms with Crippen LogP contribution < -0.4 is 15.6 Å². The zero-order valence-electron chi connectivity index (χ0n) is 21.2. The largest absolute Gasteiger partial charge is 0.453 e. The third kappa shape index (κ3) is 5.86. The van der Waals surface area contributed by atoms with Crippen LogP contribution in [0.1, 0.15) is 21.6 Å². The second-order valence-electron chi connectivity index (χ2n) is 9.26. The van der Waals surface area contributed by atoms with E-state index in [1.165, 1.54) is 53.2 Å². The summed E-state index contributed by atoms with van der Waals surface area (Å²) in [5.41, 5.74) is 2.29. The number of benzene rings is 2. The lowest BCUT2D eigenvalue weighted by Gasteiger charge is -2.12. The van der Waals surface area contributed by atoms with Crippen molar-refractivity contribution in [3.8, 4) is 17.2 Å². The molecule has 0 fully saturated rings. The van der Waals surface area contributed by atoms with Crippen LogP contribution in [0.3, 0.4) is 0 Å². The summed E-state index contributed by atoms with van der Waals surface area (Å²) in [6.07, 6.45) is 2.92. The zero-order valence-corrected chi connectivity index (χ0v) is 21.2. The molecule has 198 valence electrons. The van der Waals surface area contributed by atoms with Crippen molar-refractivity contribution in [1.82, 2.24) is 24.8 Å². The summed E-state index contributed by atoms with van der Waals surface area (Å²) in [5, 5.41) is 3.44. The van der Waals surface area contributed by atoms with Crippen LogP contribution in [0.2, 0.25) is 0 Å². The maximum atomic E-state index is 15.1. The molecule has 5 aromatic rings. The highest BCUT2D eigenvalue weighted by Crippen LogP contribution is 2.31. The maximum Gasteiger partial charge on any atom is 0.255 e. The molecule has 0 unspecified atom stereocenters. The second-order valence-corrected chi connectivity index (χ2v) is 9.26. The lowest BCUT2D eigenvalue weighted by molar-refractivity contribution is 0.0950. The highest BCUT2D eigenvalue weighted by atomic mass is 19.1. The van der Waals surface area contributed by atoms with Gasteiger partial charge in [0.15, 0.2) is 11.6 Å². The van der Waals surface area contributed by atoms with E-state index in [0.29, 0.717) is 23.3 Å². The predicted molar refractivity (Wildman–Crippen MR) is 143 cm³/mol. The topological polar surface area (TPSA) is 92.2 Å². The molecule has 0 aliphatic carbocycles. The lowest BCUT2D eigenvalue weighted by atomic mass is 10.2. The van der Waals surface area contributed by atoms with E-state index < -0.39 is 17.3 Å². The first kappa shape index (κ1) is 25.8. The Morgan fingerprint density at radius 2 is 1.82 bits per heavy atom. The summed E-state index contributed by atoms with van der Waals surface area (Å²) in [5.74, 6) is -1.07. The Balaban J connectivity index is 1.36. The van der Waals surface area contributed by atoms with Crippen molar-refractivity contribution < 1.29 is 18.3 Å². The van der Waals surface area contributed by atoms with Gasteiger partial charge in [0.05, 0.1) is 16.6 Å². The minimum Gasteiger partial charge on any atom is -0.453 e. The average Bonchev–Trinajstić information content (AvgIpc) is 3.32. The van der Waals surface area contributed by atoms with Gasteiger partial charge in [-0.1, -0.05) is 12.1 Å². The van der Waals surface area contributed by atoms with E-state index >= 15 is 4.39 Å². The molecule has 0 bridgehead atoms. The molecule has 10 heteroatoms. The fraction of sp³-hybridized carbons (Fsp3) is 0.138. The molecule has 39 heavy (non-hydrogen) atoms. The number of amides is 1. The molecule has 0 saturated heterocycles. The van der Waals surface area contributed by atoms with Crippen molar-refractivity contribution in [2.75, 3.05) is 14.1 Å². The van der Waals surface area contributed by atoms with Crippen molar-refractivity contribution in [3.63, 3.8) is 0 Å². The fourth-order valence-corrected chi connectivity index (χ4v) is 4.12. The SMILES string of the molecule is CN(C)Cc1cc2c(Oc3ccc(-n4cc(C(=O)NCc5ccc(F)cc5)ccc4=O)cc3F)ccnc2[nH]1. The molecule has 3 heterocycles. The van der Waals surface area contributed by atoms with Crippen LogP contribution in [0, 0.1) is 11.6 Å². The van der Waals surface area contributed by atoms with Crippen LogP contribution in [0.25, 0.3) is 16.7 Å². The molecule has 0 radical (unpaired) electrons. The van der Waals surface area contributed by atoms with E-state index in [9.17, 15) is 14.0 Å². The van der Waals surface area contributed by atoms with Gasteiger partial charge < -0.3 is 19.9 Å². The number of ether oxygens (including phenoxy) is 1. The Kier molecular flexibility index (Phi) is 7.20. The van der Waals surface area contributed by atoms with Crippen molar-refractivity contribution in [2.24, 2.45) is 0 Å². The highest BCUT2D eigenvalue weighted by molar-refractivity contribution is 5.93. The van der Waals surface area contributed by atoms with E-state index in [4.69, 9.17) is 4.74 Å². The van der Waals surface area contributed by atoms with Gasteiger partial charge in [0.1, 0.15) is 17.2 Å². The third-order valence-corrected chi connectivity index (χ3v) is 5.99. The number of aromatic amines is 1. The van der Waals surface area contributed by atoms with Gasteiger partial charge in [-0.3, -0.25) is 14.2 Å². The van der Waals surface area contributed by atoms with Crippen molar-refractivity contribution >= 4 is 16.9 Å². The summed E-state index contributed by atoms with van der Waals surface area (Å²) in [4.78, 5) is 34.8. The lowest BCUT2D eigenvalue weighted by Crippen LogP contribution is -2.25. The summed E-state index contributed by atoms with van der Waals surface area (Å²) in [6.45, 7) is 0.857. The molecule has 0 aliphatic rings. The number of carbonyl (C=O) groups excluding carboxylic acids is 1. The number of halogens is 2. The van der Waals surface area contributed by atoms with E-state index in [2.05, 4.69) is 15.3 Å². The zero-order chi connectivity index (χ0) is 27.5. The highest BCUT2D eigenvalue weighted by Gasteiger charge is 2.14. The molecular formula is C29H25F2N5O3. The summed E-state index contributed by atoms with van der Waals surface area (Å²) in [7, 11) is 3.91. The van der Waals surface area contributed by atoms with Gasteiger partial charge in [-0.2, -0.15) is 0 Å². The van der Waals surface area contributed by atoms with Gasteiger partial charge in [-0.15, -0.1) is 0 Å². The van der Waals surface area contributed by atoms with E-state index in [0.717, 1.165) is 11.3 Å². The fourth-order valence-electron chi connectivity index (χ4n) is 4.12. The van der Waals surface area contributed by atoms with Gasteiger partial charge in [0.2, 0.25) is 0 Å². The van der Waals surface area contributed by atoms with Gasteiger partial charge in [-0.05, 0) is 62.1 Å². The molecule has 5 rings (SSSR count). The molecule has 0 aliphatic heterocycles. The number of aromatic nitrogens is 3. The quantitative estimate of drug-likeness (QED) is 0.302. The summed E-state index contributed by atoms with van der Waals surface area (Å²) >= 11 is 0. The maximum absolute atomic E-state index is 15.1. The molecule has 0 atom stereocenters. The third-order valence-electron chi connectivity index (χ3n) is 5.99. The number of carbonyl (C=O) groups is 1. The molecule has 0 saturated carbocycles.